The number of methoxy groups -OCH3 is 1. The number of ether oxygens (including phenoxy) is 2. The number of piperidine rings is 1. The predicted molar refractivity (Wildman–Crippen MR) is 73.1 cm³/mol. The molecule has 0 aliphatic carbocycles. The third kappa shape index (κ3) is 4.16. The van der Waals surface area contributed by atoms with Gasteiger partial charge in [0.1, 0.15) is 6.04 Å². The molecule has 1 N–H and O–H groups in total. The standard InChI is InChI=1S/C14H26N2O3/c1-18-10-3-11-19-14(17)13-4-2-9-16(13)12-5-7-15-8-6-12/h12-13,15H,2-11H2,1H3. The number of nitrogens with one attached hydrogen (secondary N) is 1. The molecule has 5 nitrogen and oxygen atoms in total. The number of hydrogen-bond acceptors (Lipinski definition) is 5. The van der Waals surface area contributed by atoms with Crippen LogP contribution in [0.1, 0.15) is 32.1 Å². The molecule has 0 aromatic rings. The lowest BCUT2D eigenvalue weighted by atomic mass is 10.0. The van der Waals surface area contributed by atoms with E-state index in [1.165, 1.54) is 0 Å². The highest BCUT2D eigenvalue weighted by atomic mass is 16.5. The summed E-state index contributed by atoms with van der Waals surface area (Å²) in [7, 11) is 1.66. The van der Waals surface area contributed by atoms with Crippen LogP contribution in [0, 0.1) is 0 Å². The summed E-state index contributed by atoms with van der Waals surface area (Å²) >= 11 is 0. The van der Waals surface area contributed by atoms with E-state index in [0.717, 1.165) is 51.7 Å². The van der Waals surface area contributed by atoms with Crippen LogP contribution in [0.4, 0.5) is 0 Å². The van der Waals surface area contributed by atoms with Crippen molar-refractivity contribution < 1.29 is 14.3 Å². The van der Waals surface area contributed by atoms with E-state index in [-0.39, 0.29) is 12.0 Å². The van der Waals surface area contributed by atoms with Gasteiger partial charge in [0.25, 0.3) is 0 Å². The molecule has 2 saturated heterocycles. The molecule has 0 aromatic heterocycles. The normalized spacial score (nSPS) is 25.6. The SMILES string of the molecule is COCCCOC(=O)C1CCCN1C1CCNCC1. The van der Waals surface area contributed by atoms with Crippen LogP contribution >= 0.6 is 0 Å². The fourth-order valence-electron chi connectivity index (χ4n) is 3.09. The number of carbonyl (C=O) groups is 1. The first-order chi connectivity index (χ1) is 9.33. The Bertz CT molecular complexity index is 280. The number of nitrogens with zero attached hydrogens (tertiary/aromatic N) is 1. The van der Waals surface area contributed by atoms with E-state index in [9.17, 15) is 4.79 Å². The number of rotatable bonds is 6. The van der Waals surface area contributed by atoms with Crippen molar-refractivity contribution in [3.05, 3.63) is 0 Å². The first kappa shape index (κ1) is 14.8. The fourth-order valence-corrected chi connectivity index (χ4v) is 3.09. The molecular weight excluding hydrogens is 244 g/mol. The zero-order valence-electron chi connectivity index (χ0n) is 11.9. The summed E-state index contributed by atoms with van der Waals surface area (Å²) in [5, 5.41) is 3.37. The van der Waals surface area contributed by atoms with Gasteiger partial charge < -0.3 is 14.8 Å². The molecule has 110 valence electrons. The summed E-state index contributed by atoms with van der Waals surface area (Å²) in [6, 6.07) is 0.547. The molecule has 0 spiro atoms. The van der Waals surface area contributed by atoms with Gasteiger partial charge in [-0.25, -0.2) is 0 Å². The monoisotopic (exact) mass is 270 g/mol. The molecule has 0 aromatic carbocycles. The van der Waals surface area contributed by atoms with Gasteiger partial charge in [-0.2, -0.15) is 0 Å². The number of carbonyl (C=O) groups excluding carboxylic acids is 1. The summed E-state index contributed by atoms with van der Waals surface area (Å²) in [6.45, 7) is 4.30. The second kappa shape index (κ2) is 7.82. The van der Waals surface area contributed by atoms with Crippen molar-refractivity contribution in [1.29, 1.82) is 0 Å². The maximum Gasteiger partial charge on any atom is 0.323 e. The van der Waals surface area contributed by atoms with Gasteiger partial charge in [-0.15, -0.1) is 0 Å². The Labute approximate surface area is 115 Å². The third-order valence-electron chi connectivity index (χ3n) is 4.08. The quantitative estimate of drug-likeness (QED) is 0.571. The van der Waals surface area contributed by atoms with E-state index in [0.29, 0.717) is 19.3 Å². The lowest BCUT2D eigenvalue weighted by Gasteiger charge is -2.34. The Hall–Kier alpha value is -0.650. The molecular formula is C14H26N2O3. The summed E-state index contributed by atoms with van der Waals surface area (Å²) in [5.41, 5.74) is 0. The number of esters is 1. The van der Waals surface area contributed by atoms with Gasteiger partial charge in [0, 0.05) is 26.2 Å². The molecule has 0 amide bonds. The third-order valence-corrected chi connectivity index (χ3v) is 4.08. The highest BCUT2D eigenvalue weighted by Gasteiger charge is 2.36. The average Bonchev–Trinajstić information content (AvgIpc) is 2.94. The predicted octanol–water partition coefficient (Wildman–Crippen LogP) is 0.783. The average molecular weight is 270 g/mol. The summed E-state index contributed by atoms with van der Waals surface area (Å²) < 4.78 is 10.3. The highest BCUT2D eigenvalue weighted by molar-refractivity contribution is 5.76. The van der Waals surface area contributed by atoms with E-state index in [1.807, 2.05) is 0 Å². The first-order valence-electron chi connectivity index (χ1n) is 7.45. The van der Waals surface area contributed by atoms with Gasteiger partial charge in [0.05, 0.1) is 6.61 Å². The van der Waals surface area contributed by atoms with Gasteiger partial charge in [0.15, 0.2) is 0 Å². The molecule has 0 radical (unpaired) electrons. The van der Waals surface area contributed by atoms with Crippen molar-refractivity contribution >= 4 is 5.97 Å². The van der Waals surface area contributed by atoms with Crippen molar-refractivity contribution in [2.75, 3.05) is 40.0 Å². The minimum atomic E-state index is -0.0351. The van der Waals surface area contributed by atoms with Crippen molar-refractivity contribution in [2.24, 2.45) is 0 Å². The van der Waals surface area contributed by atoms with Crippen LogP contribution in [0.5, 0.6) is 0 Å². The zero-order valence-corrected chi connectivity index (χ0v) is 11.9. The van der Waals surface area contributed by atoms with Crippen LogP contribution in [-0.4, -0.2) is 62.9 Å². The molecule has 2 rings (SSSR count). The van der Waals surface area contributed by atoms with Crippen molar-refractivity contribution in [3.63, 3.8) is 0 Å². The minimum Gasteiger partial charge on any atom is -0.464 e. The van der Waals surface area contributed by atoms with Crippen molar-refractivity contribution in [2.45, 2.75) is 44.2 Å². The number of likely N-dealkylation sites (tertiary alicyclic amines) is 1. The van der Waals surface area contributed by atoms with E-state index >= 15 is 0 Å². The van der Waals surface area contributed by atoms with Crippen LogP contribution < -0.4 is 5.32 Å². The van der Waals surface area contributed by atoms with Gasteiger partial charge in [-0.3, -0.25) is 9.69 Å². The zero-order chi connectivity index (χ0) is 13.5. The van der Waals surface area contributed by atoms with E-state index < -0.39 is 0 Å². The van der Waals surface area contributed by atoms with Crippen LogP contribution in [0.15, 0.2) is 0 Å². The summed E-state index contributed by atoms with van der Waals surface area (Å²) in [6.07, 6.45) is 5.14. The smallest absolute Gasteiger partial charge is 0.323 e. The Balaban J connectivity index is 1.78. The molecule has 0 bridgehead atoms. The Morgan fingerprint density at radius 1 is 1.26 bits per heavy atom. The Morgan fingerprint density at radius 2 is 2.05 bits per heavy atom. The van der Waals surface area contributed by atoms with E-state index in [4.69, 9.17) is 9.47 Å². The lowest BCUT2D eigenvalue weighted by Crippen LogP contribution is -2.48. The molecule has 1 unspecified atom stereocenters. The van der Waals surface area contributed by atoms with Crippen molar-refractivity contribution in [3.8, 4) is 0 Å². The number of hydrogen-bond donors (Lipinski definition) is 1. The molecule has 2 heterocycles. The lowest BCUT2D eigenvalue weighted by molar-refractivity contribution is -0.150. The van der Waals surface area contributed by atoms with Crippen molar-refractivity contribution in [1.82, 2.24) is 10.2 Å². The van der Waals surface area contributed by atoms with Crippen LogP contribution in [0.3, 0.4) is 0 Å². The van der Waals surface area contributed by atoms with E-state index in [1.54, 1.807) is 7.11 Å². The van der Waals surface area contributed by atoms with E-state index in [2.05, 4.69) is 10.2 Å². The Morgan fingerprint density at radius 3 is 2.79 bits per heavy atom. The van der Waals surface area contributed by atoms with Gasteiger partial charge >= 0.3 is 5.97 Å². The molecule has 2 aliphatic rings. The van der Waals surface area contributed by atoms with Gasteiger partial charge in [-0.05, 0) is 45.3 Å². The highest BCUT2D eigenvalue weighted by Crippen LogP contribution is 2.25. The Kier molecular flexibility index (Phi) is 6.07. The molecule has 0 saturated carbocycles. The van der Waals surface area contributed by atoms with Crippen LogP contribution in [0.2, 0.25) is 0 Å². The molecule has 19 heavy (non-hydrogen) atoms. The molecule has 5 heteroatoms. The largest absolute Gasteiger partial charge is 0.464 e. The fraction of sp³-hybridized carbons (Fsp3) is 0.929. The molecule has 2 aliphatic heterocycles. The maximum absolute atomic E-state index is 12.1. The summed E-state index contributed by atoms with van der Waals surface area (Å²) in [5.74, 6) is -0.0351. The van der Waals surface area contributed by atoms with Crippen LogP contribution in [0.25, 0.3) is 0 Å². The minimum absolute atomic E-state index is 0.00866. The van der Waals surface area contributed by atoms with Gasteiger partial charge in [0.2, 0.25) is 0 Å². The summed E-state index contributed by atoms with van der Waals surface area (Å²) in [4.78, 5) is 14.5. The van der Waals surface area contributed by atoms with Gasteiger partial charge in [-0.1, -0.05) is 0 Å². The molecule has 1 atom stereocenters. The molecule has 2 fully saturated rings. The maximum atomic E-state index is 12.1. The second-order valence-electron chi connectivity index (χ2n) is 5.39. The first-order valence-corrected chi connectivity index (χ1v) is 7.45. The topological polar surface area (TPSA) is 50.8 Å². The second-order valence-corrected chi connectivity index (χ2v) is 5.39. The van der Waals surface area contributed by atoms with Crippen LogP contribution in [-0.2, 0) is 14.3 Å².